The van der Waals surface area contributed by atoms with E-state index in [2.05, 4.69) is 31.0 Å². The van der Waals surface area contributed by atoms with Crippen molar-refractivity contribution in [2.45, 2.75) is 32.2 Å². The summed E-state index contributed by atoms with van der Waals surface area (Å²) in [6, 6.07) is 13.2. The number of para-hydroxylation sites is 1. The number of benzene rings is 2. The molecule has 0 aliphatic carbocycles. The normalized spacial score (nSPS) is 16.4. The predicted octanol–water partition coefficient (Wildman–Crippen LogP) is 4.60. The molecular weight excluding hydrogens is 357 g/mol. The van der Waals surface area contributed by atoms with Crippen LogP contribution in [0, 0.1) is 5.82 Å². The monoisotopic (exact) mass is 379 g/mol. The fourth-order valence-corrected chi connectivity index (χ4v) is 3.77. The zero-order valence-electron chi connectivity index (χ0n) is 16.3. The van der Waals surface area contributed by atoms with Crippen LogP contribution in [0.4, 0.5) is 10.1 Å². The number of aromatic nitrogens is 2. The number of ether oxygens (including phenoxy) is 1. The van der Waals surface area contributed by atoms with Crippen molar-refractivity contribution in [2.75, 3.05) is 12.0 Å². The van der Waals surface area contributed by atoms with E-state index in [4.69, 9.17) is 4.74 Å². The van der Waals surface area contributed by atoms with Gasteiger partial charge in [0.15, 0.2) is 0 Å². The van der Waals surface area contributed by atoms with Crippen LogP contribution in [0.5, 0.6) is 5.75 Å². The molecule has 0 bridgehead atoms. The van der Waals surface area contributed by atoms with Gasteiger partial charge in [-0.15, -0.1) is 0 Å². The summed E-state index contributed by atoms with van der Waals surface area (Å²) in [5.74, 6) is 0.140. The van der Waals surface area contributed by atoms with E-state index in [1.54, 1.807) is 24.1 Å². The molecule has 0 radical (unpaired) electrons. The first-order chi connectivity index (χ1) is 13.3. The van der Waals surface area contributed by atoms with Crippen molar-refractivity contribution in [3.63, 3.8) is 0 Å². The van der Waals surface area contributed by atoms with E-state index < -0.39 is 6.04 Å². The topological polar surface area (TPSA) is 58.2 Å². The van der Waals surface area contributed by atoms with Crippen LogP contribution < -0.4 is 9.64 Å². The van der Waals surface area contributed by atoms with Crippen LogP contribution >= 0.6 is 0 Å². The Morgan fingerprint density at radius 3 is 2.43 bits per heavy atom. The summed E-state index contributed by atoms with van der Waals surface area (Å²) in [5.41, 5.74) is 3.34. The molecule has 1 N–H and O–H groups in total. The van der Waals surface area contributed by atoms with E-state index in [1.807, 2.05) is 24.3 Å². The van der Waals surface area contributed by atoms with Crippen molar-refractivity contribution >= 4 is 11.6 Å². The van der Waals surface area contributed by atoms with Crippen molar-refractivity contribution in [1.29, 1.82) is 0 Å². The van der Waals surface area contributed by atoms with Gasteiger partial charge >= 0.3 is 0 Å². The summed E-state index contributed by atoms with van der Waals surface area (Å²) in [4.78, 5) is 15.0. The fourth-order valence-electron chi connectivity index (χ4n) is 3.77. The number of fused-ring (bicyclic) bond motifs is 1. The zero-order chi connectivity index (χ0) is 20.1. The van der Waals surface area contributed by atoms with Gasteiger partial charge in [0.05, 0.1) is 18.8 Å². The molecule has 1 aliphatic heterocycles. The maximum atomic E-state index is 13.5. The molecule has 6 heteroatoms. The highest BCUT2D eigenvalue weighted by Gasteiger charge is 2.45. The highest BCUT2D eigenvalue weighted by atomic mass is 19.1. The summed E-state index contributed by atoms with van der Waals surface area (Å²) in [5, 5.41) is 7.39. The van der Waals surface area contributed by atoms with E-state index in [-0.39, 0.29) is 17.1 Å². The summed E-state index contributed by atoms with van der Waals surface area (Å²) in [6.45, 7) is 6.19. The number of H-pyrrole nitrogens is 1. The minimum absolute atomic E-state index is 0.194. The van der Waals surface area contributed by atoms with Gasteiger partial charge in [0.25, 0.3) is 5.91 Å². The Kier molecular flexibility index (Phi) is 4.22. The molecule has 5 nitrogen and oxygen atoms in total. The van der Waals surface area contributed by atoms with Crippen LogP contribution in [0.3, 0.4) is 0 Å². The smallest absolute Gasteiger partial charge is 0.277 e. The number of anilines is 1. The lowest BCUT2D eigenvalue weighted by Gasteiger charge is -2.29. The van der Waals surface area contributed by atoms with Gasteiger partial charge in [-0.25, -0.2) is 4.39 Å². The average molecular weight is 379 g/mol. The second-order valence-electron chi connectivity index (χ2n) is 7.91. The van der Waals surface area contributed by atoms with Gasteiger partial charge in [0.1, 0.15) is 17.3 Å². The number of amides is 1. The lowest BCUT2D eigenvalue weighted by Crippen LogP contribution is -2.30. The number of carbonyl (C=O) groups excluding carboxylic acids is 1. The number of rotatable bonds is 3. The van der Waals surface area contributed by atoms with E-state index in [0.29, 0.717) is 17.1 Å². The van der Waals surface area contributed by atoms with Crippen LogP contribution in [0.1, 0.15) is 54.1 Å². The number of halogens is 1. The molecule has 2 aromatic carbocycles. The second kappa shape index (κ2) is 6.48. The molecule has 4 rings (SSSR count). The quantitative estimate of drug-likeness (QED) is 0.723. The first kappa shape index (κ1) is 18.2. The molecule has 0 fully saturated rings. The molecule has 1 unspecified atom stereocenters. The summed E-state index contributed by atoms with van der Waals surface area (Å²) < 4.78 is 19.1. The third-order valence-corrected chi connectivity index (χ3v) is 5.02. The van der Waals surface area contributed by atoms with Crippen molar-refractivity contribution in [2.24, 2.45) is 0 Å². The standard InChI is InChI=1S/C22H22FN3O2/c1-22(2,3)20-17-18(24-25-20)21(27)26(14-11-9-13(23)10-12-14)19(17)15-7-5-6-8-16(15)28-4/h5-12,19H,1-4H3,(H,24,25). The van der Waals surface area contributed by atoms with Crippen molar-refractivity contribution < 1.29 is 13.9 Å². The molecule has 1 aromatic heterocycles. The third-order valence-electron chi connectivity index (χ3n) is 5.02. The fraction of sp³-hybridized carbons (Fsp3) is 0.273. The largest absolute Gasteiger partial charge is 0.496 e. The van der Waals surface area contributed by atoms with Crippen LogP contribution in [0.2, 0.25) is 0 Å². The van der Waals surface area contributed by atoms with E-state index >= 15 is 0 Å². The molecule has 28 heavy (non-hydrogen) atoms. The van der Waals surface area contributed by atoms with Crippen molar-refractivity contribution in [3.8, 4) is 5.75 Å². The molecule has 1 amide bonds. The molecule has 0 saturated carbocycles. The van der Waals surface area contributed by atoms with Gasteiger partial charge in [0.2, 0.25) is 0 Å². The maximum Gasteiger partial charge on any atom is 0.277 e. The van der Waals surface area contributed by atoms with Crippen molar-refractivity contribution in [3.05, 3.63) is 76.9 Å². The van der Waals surface area contributed by atoms with Gasteiger partial charge in [0, 0.05) is 22.2 Å². The van der Waals surface area contributed by atoms with Gasteiger partial charge < -0.3 is 4.74 Å². The summed E-state index contributed by atoms with van der Waals surface area (Å²) in [7, 11) is 1.61. The highest BCUT2D eigenvalue weighted by Crippen LogP contribution is 2.47. The van der Waals surface area contributed by atoms with Gasteiger partial charge in [-0.1, -0.05) is 39.0 Å². The Balaban J connectivity index is 1.98. The van der Waals surface area contributed by atoms with Gasteiger partial charge in [-0.2, -0.15) is 5.10 Å². The minimum atomic E-state index is -0.419. The second-order valence-corrected chi connectivity index (χ2v) is 7.91. The van der Waals surface area contributed by atoms with Crippen molar-refractivity contribution in [1.82, 2.24) is 10.2 Å². The maximum absolute atomic E-state index is 13.5. The van der Waals surface area contributed by atoms with Gasteiger partial charge in [-0.05, 0) is 30.3 Å². The first-order valence-electron chi connectivity index (χ1n) is 9.13. The van der Waals surface area contributed by atoms with Crippen LogP contribution in [-0.4, -0.2) is 23.2 Å². The minimum Gasteiger partial charge on any atom is -0.496 e. The number of nitrogens with one attached hydrogen (secondary N) is 1. The molecule has 1 aliphatic rings. The predicted molar refractivity (Wildman–Crippen MR) is 105 cm³/mol. The highest BCUT2D eigenvalue weighted by molar-refractivity contribution is 6.10. The zero-order valence-corrected chi connectivity index (χ0v) is 16.3. The number of carbonyl (C=O) groups is 1. The summed E-state index contributed by atoms with van der Waals surface area (Å²) in [6.07, 6.45) is 0. The van der Waals surface area contributed by atoms with E-state index in [0.717, 1.165) is 16.8 Å². The van der Waals surface area contributed by atoms with Gasteiger partial charge in [-0.3, -0.25) is 14.8 Å². The number of hydrogen-bond donors (Lipinski definition) is 1. The molecular formula is C22H22FN3O2. The lowest BCUT2D eigenvalue weighted by atomic mass is 9.85. The Hall–Kier alpha value is -3.15. The number of hydrogen-bond acceptors (Lipinski definition) is 3. The molecule has 1 atom stereocenters. The Morgan fingerprint density at radius 1 is 1.11 bits per heavy atom. The molecule has 2 heterocycles. The Labute approximate surface area is 163 Å². The third kappa shape index (κ3) is 2.76. The van der Waals surface area contributed by atoms with Crippen LogP contribution in [0.25, 0.3) is 0 Å². The lowest BCUT2D eigenvalue weighted by molar-refractivity contribution is 0.0988. The molecule has 0 saturated heterocycles. The molecule has 144 valence electrons. The Bertz CT molecular complexity index is 1030. The van der Waals surface area contributed by atoms with Crippen LogP contribution in [0.15, 0.2) is 48.5 Å². The van der Waals surface area contributed by atoms with E-state index in [9.17, 15) is 9.18 Å². The average Bonchev–Trinajstić information content (AvgIpc) is 3.22. The Morgan fingerprint density at radius 2 is 1.79 bits per heavy atom. The van der Waals surface area contributed by atoms with Crippen LogP contribution in [-0.2, 0) is 5.41 Å². The molecule has 3 aromatic rings. The number of aromatic amines is 1. The first-order valence-corrected chi connectivity index (χ1v) is 9.13. The summed E-state index contributed by atoms with van der Waals surface area (Å²) >= 11 is 0. The SMILES string of the molecule is COc1ccccc1C1c2c(C(C)(C)C)n[nH]c2C(=O)N1c1ccc(F)cc1. The molecule has 0 spiro atoms. The number of methoxy groups -OCH3 is 1. The van der Waals surface area contributed by atoms with E-state index in [1.165, 1.54) is 12.1 Å². The number of nitrogens with zero attached hydrogens (tertiary/aromatic N) is 2.